The minimum absolute atomic E-state index is 0.332. The zero-order chi connectivity index (χ0) is 13.8. The normalized spacial score (nSPS) is 10.8. The molecule has 0 unspecified atom stereocenters. The van der Waals surface area contributed by atoms with Crippen LogP contribution < -0.4 is 11.3 Å². The monoisotopic (exact) mass is 257 g/mol. The molecule has 2 rings (SSSR count). The van der Waals surface area contributed by atoms with Gasteiger partial charge in [-0.1, -0.05) is 19.9 Å². The molecule has 100 valence electrons. The number of nitrogens with one attached hydrogen (secondary N) is 1. The van der Waals surface area contributed by atoms with Gasteiger partial charge in [0.1, 0.15) is 11.6 Å². The van der Waals surface area contributed by atoms with Crippen molar-refractivity contribution < 1.29 is 0 Å². The molecule has 0 radical (unpaired) electrons. The molecule has 0 fully saturated rings. The third kappa shape index (κ3) is 3.06. The van der Waals surface area contributed by atoms with Gasteiger partial charge in [-0.2, -0.15) is 0 Å². The lowest BCUT2D eigenvalue weighted by Crippen LogP contribution is -2.15. The van der Waals surface area contributed by atoms with E-state index in [0.717, 1.165) is 22.6 Å². The van der Waals surface area contributed by atoms with Crippen LogP contribution >= 0.6 is 0 Å². The van der Waals surface area contributed by atoms with Gasteiger partial charge in [-0.3, -0.25) is 4.98 Å². The van der Waals surface area contributed by atoms with Crippen LogP contribution in [0, 0.1) is 6.92 Å². The lowest BCUT2D eigenvalue weighted by Gasteiger charge is -2.15. The maximum Gasteiger partial charge on any atom is 0.147 e. The minimum Gasteiger partial charge on any atom is -0.308 e. The molecular weight excluding hydrogens is 238 g/mol. The van der Waals surface area contributed by atoms with Crippen molar-refractivity contribution in [3.05, 3.63) is 47.2 Å². The smallest absolute Gasteiger partial charge is 0.147 e. The molecule has 5 heteroatoms. The number of hydrazine groups is 1. The van der Waals surface area contributed by atoms with Gasteiger partial charge in [0.2, 0.25) is 0 Å². The highest BCUT2D eigenvalue weighted by molar-refractivity contribution is 5.47. The van der Waals surface area contributed by atoms with Crippen LogP contribution in [0.15, 0.2) is 24.5 Å². The number of aromatic nitrogens is 3. The van der Waals surface area contributed by atoms with E-state index in [1.54, 1.807) is 6.20 Å². The molecule has 0 aliphatic rings. The number of nitrogens with two attached hydrogens (primary N) is 1. The summed E-state index contributed by atoms with van der Waals surface area (Å²) in [7, 11) is 0. The molecule has 0 aliphatic carbocycles. The van der Waals surface area contributed by atoms with E-state index in [1.165, 1.54) is 0 Å². The number of anilines is 1. The molecule has 0 atom stereocenters. The number of rotatable bonds is 4. The Morgan fingerprint density at radius 1 is 1.32 bits per heavy atom. The highest BCUT2D eigenvalue weighted by Crippen LogP contribution is 2.24. The van der Waals surface area contributed by atoms with E-state index in [9.17, 15) is 0 Å². The Labute approximate surface area is 113 Å². The molecular formula is C14H19N5. The van der Waals surface area contributed by atoms with Crippen LogP contribution in [0.4, 0.5) is 5.82 Å². The quantitative estimate of drug-likeness (QED) is 0.648. The number of aryl methyl sites for hydroxylation is 1. The van der Waals surface area contributed by atoms with E-state index in [4.69, 9.17) is 5.84 Å². The fraction of sp³-hybridized carbons (Fsp3) is 0.357. The molecule has 0 spiro atoms. The first kappa shape index (κ1) is 13.4. The topological polar surface area (TPSA) is 76.7 Å². The summed E-state index contributed by atoms with van der Waals surface area (Å²) in [4.78, 5) is 13.2. The SMILES string of the molecule is Cc1nc(Cc2cccnc2)nc(NN)c1C(C)C. The second-order valence-electron chi connectivity index (χ2n) is 4.82. The van der Waals surface area contributed by atoms with Crippen molar-refractivity contribution in [2.75, 3.05) is 5.43 Å². The first-order chi connectivity index (χ1) is 9.11. The first-order valence-corrected chi connectivity index (χ1v) is 6.34. The van der Waals surface area contributed by atoms with Crippen molar-refractivity contribution in [3.8, 4) is 0 Å². The van der Waals surface area contributed by atoms with Crippen molar-refractivity contribution in [3.63, 3.8) is 0 Å². The Morgan fingerprint density at radius 3 is 2.68 bits per heavy atom. The number of nitrogens with zero attached hydrogens (tertiary/aromatic N) is 3. The zero-order valence-electron chi connectivity index (χ0n) is 11.5. The number of pyridine rings is 1. The van der Waals surface area contributed by atoms with E-state index < -0.39 is 0 Å². The fourth-order valence-electron chi connectivity index (χ4n) is 2.21. The molecule has 0 saturated heterocycles. The Kier molecular flexibility index (Phi) is 4.06. The van der Waals surface area contributed by atoms with Gasteiger partial charge in [-0.25, -0.2) is 15.8 Å². The third-order valence-electron chi connectivity index (χ3n) is 2.98. The van der Waals surface area contributed by atoms with E-state index in [0.29, 0.717) is 18.2 Å². The van der Waals surface area contributed by atoms with Gasteiger partial charge in [0.05, 0.1) is 0 Å². The maximum absolute atomic E-state index is 5.57. The predicted molar refractivity (Wildman–Crippen MR) is 75.7 cm³/mol. The van der Waals surface area contributed by atoms with Crippen molar-refractivity contribution in [2.45, 2.75) is 33.1 Å². The summed E-state index contributed by atoms with van der Waals surface area (Å²) in [5.41, 5.74) is 5.80. The van der Waals surface area contributed by atoms with E-state index in [-0.39, 0.29) is 0 Å². The molecule has 0 aliphatic heterocycles. The van der Waals surface area contributed by atoms with Crippen LogP contribution in [-0.2, 0) is 6.42 Å². The molecule has 0 aromatic carbocycles. The second kappa shape index (κ2) is 5.75. The Hall–Kier alpha value is -2.01. The average Bonchev–Trinajstić information content (AvgIpc) is 2.38. The van der Waals surface area contributed by atoms with E-state index in [2.05, 4.69) is 34.2 Å². The average molecular weight is 257 g/mol. The molecule has 2 aromatic rings. The van der Waals surface area contributed by atoms with Gasteiger partial charge in [0.15, 0.2) is 0 Å². The summed E-state index contributed by atoms with van der Waals surface area (Å²) >= 11 is 0. The summed E-state index contributed by atoms with van der Waals surface area (Å²) in [5, 5.41) is 0. The van der Waals surface area contributed by atoms with Crippen LogP contribution in [0.1, 0.15) is 42.4 Å². The zero-order valence-corrected chi connectivity index (χ0v) is 11.5. The minimum atomic E-state index is 0.332. The van der Waals surface area contributed by atoms with Crippen LogP contribution in [0.5, 0.6) is 0 Å². The fourth-order valence-corrected chi connectivity index (χ4v) is 2.21. The maximum atomic E-state index is 5.57. The lowest BCUT2D eigenvalue weighted by molar-refractivity contribution is 0.811. The molecule has 19 heavy (non-hydrogen) atoms. The molecule has 2 heterocycles. The molecule has 0 amide bonds. The number of hydrogen-bond acceptors (Lipinski definition) is 5. The second-order valence-corrected chi connectivity index (χ2v) is 4.82. The van der Waals surface area contributed by atoms with E-state index in [1.807, 2.05) is 25.3 Å². The van der Waals surface area contributed by atoms with Gasteiger partial charge in [-0.15, -0.1) is 0 Å². The highest BCUT2D eigenvalue weighted by atomic mass is 15.3. The summed E-state index contributed by atoms with van der Waals surface area (Å²) < 4.78 is 0. The van der Waals surface area contributed by atoms with Gasteiger partial charge in [0, 0.05) is 30.1 Å². The Balaban J connectivity index is 2.36. The predicted octanol–water partition coefficient (Wildman–Crippen LogP) is 2.18. The van der Waals surface area contributed by atoms with Crippen LogP contribution in [0.2, 0.25) is 0 Å². The van der Waals surface area contributed by atoms with Crippen molar-refractivity contribution >= 4 is 5.82 Å². The number of hydrogen-bond donors (Lipinski definition) is 2. The van der Waals surface area contributed by atoms with Crippen LogP contribution in [0.25, 0.3) is 0 Å². The number of nitrogen functional groups attached to an aromatic ring is 1. The molecule has 2 aromatic heterocycles. The van der Waals surface area contributed by atoms with E-state index >= 15 is 0 Å². The van der Waals surface area contributed by atoms with Gasteiger partial charge in [0.25, 0.3) is 0 Å². The standard InChI is InChI=1S/C14H19N5/c1-9(2)13-10(3)17-12(18-14(13)19-15)7-11-5-4-6-16-8-11/h4-6,8-9H,7,15H2,1-3H3,(H,17,18,19). The molecule has 0 saturated carbocycles. The summed E-state index contributed by atoms with van der Waals surface area (Å²) in [6, 6.07) is 3.92. The highest BCUT2D eigenvalue weighted by Gasteiger charge is 2.14. The van der Waals surface area contributed by atoms with Crippen LogP contribution in [0.3, 0.4) is 0 Å². The Bertz CT molecular complexity index is 551. The van der Waals surface area contributed by atoms with Gasteiger partial charge >= 0.3 is 0 Å². The molecule has 3 N–H and O–H groups in total. The first-order valence-electron chi connectivity index (χ1n) is 6.34. The summed E-state index contributed by atoms with van der Waals surface area (Å²) in [6.45, 7) is 6.20. The van der Waals surface area contributed by atoms with Gasteiger partial charge in [-0.05, 0) is 24.5 Å². The summed E-state index contributed by atoms with van der Waals surface area (Å²) in [5.74, 6) is 7.36. The molecule has 5 nitrogen and oxygen atoms in total. The Morgan fingerprint density at radius 2 is 2.11 bits per heavy atom. The van der Waals surface area contributed by atoms with Crippen molar-refractivity contribution in [2.24, 2.45) is 5.84 Å². The lowest BCUT2D eigenvalue weighted by atomic mass is 10.0. The van der Waals surface area contributed by atoms with Crippen molar-refractivity contribution in [1.29, 1.82) is 0 Å². The van der Waals surface area contributed by atoms with Gasteiger partial charge < -0.3 is 5.43 Å². The molecule has 0 bridgehead atoms. The summed E-state index contributed by atoms with van der Waals surface area (Å²) in [6.07, 6.45) is 4.23. The van der Waals surface area contributed by atoms with Crippen molar-refractivity contribution in [1.82, 2.24) is 15.0 Å². The van der Waals surface area contributed by atoms with Crippen LogP contribution in [-0.4, -0.2) is 15.0 Å². The third-order valence-corrected chi connectivity index (χ3v) is 2.98. The largest absolute Gasteiger partial charge is 0.308 e.